The van der Waals surface area contributed by atoms with E-state index in [1.165, 1.54) is 0 Å². The van der Waals surface area contributed by atoms with Crippen molar-refractivity contribution in [2.45, 2.75) is 19.1 Å². The number of nitrogens with zero attached hydrogens (tertiary/aromatic N) is 3. The van der Waals surface area contributed by atoms with Crippen LogP contribution in [-0.2, 0) is 17.7 Å². The van der Waals surface area contributed by atoms with Gasteiger partial charge in [0.15, 0.2) is 5.82 Å². The van der Waals surface area contributed by atoms with E-state index >= 15 is 0 Å². The maximum Gasteiger partial charge on any atom is 0.240 e. The molecule has 0 radical (unpaired) electrons. The Labute approximate surface area is 134 Å². The van der Waals surface area contributed by atoms with Crippen LogP contribution in [0.1, 0.15) is 11.7 Å². The summed E-state index contributed by atoms with van der Waals surface area (Å²) < 4.78 is 16.1. The number of benzene rings is 1. The fourth-order valence-electron chi connectivity index (χ4n) is 2.30. The fraction of sp³-hybridized carbons (Fsp3) is 0.467. The third-order valence-electron chi connectivity index (χ3n) is 3.42. The van der Waals surface area contributed by atoms with Crippen molar-refractivity contribution in [2.75, 3.05) is 26.8 Å². The van der Waals surface area contributed by atoms with Crippen LogP contribution in [-0.4, -0.2) is 48.0 Å². The van der Waals surface area contributed by atoms with Gasteiger partial charge in [-0.1, -0.05) is 22.8 Å². The second kappa shape index (κ2) is 7.09. The quantitative estimate of drug-likeness (QED) is 0.778. The van der Waals surface area contributed by atoms with Gasteiger partial charge in [-0.15, -0.1) is 0 Å². The molecule has 118 valence electrons. The topological polar surface area (TPSA) is 60.6 Å². The van der Waals surface area contributed by atoms with E-state index in [-0.39, 0.29) is 6.10 Å². The van der Waals surface area contributed by atoms with Gasteiger partial charge in [0, 0.05) is 31.6 Å². The molecule has 1 fully saturated rings. The highest BCUT2D eigenvalue weighted by Crippen LogP contribution is 2.22. The van der Waals surface area contributed by atoms with Gasteiger partial charge in [0.05, 0.1) is 13.2 Å². The molecule has 0 saturated carbocycles. The molecular formula is C15H18ClN3O3. The molecular weight excluding hydrogens is 306 g/mol. The molecule has 7 heteroatoms. The second-order valence-electron chi connectivity index (χ2n) is 5.24. The molecule has 2 heterocycles. The molecule has 3 rings (SSSR count). The van der Waals surface area contributed by atoms with E-state index in [1.807, 2.05) is 24.3 Å². The zero-order chi connectivity index (χ0) is 15.4. The van der Waals surface area contributed by atoms with Gasteiger partial charge in [-0.25, -0.2) is 0 Å². The number of halogens is 1. The molecule has 1 aliphatic rings. The molecule has 1 aromatic carbocycles. The van der Waals surface area contributed by atoms with E-state index < -0.39 is 0 Å². The highest BCUT2D eigenvalue weighted by molar-refractivity contribution is 6.30. The molecule has 0 N–H and O–H groups in total. The molecule has 22 heavy (non-hydrogen) atoms. The predicted molar refractivity (Wildman–Crippen MR) is 81.0 cm³/mol. The third kappa shape index (κ3) is 3.97. The minimum atomic E-state index is 0.175. The van der Waals surface area contributed by atoms with E-state index in [2.05, 4.69) is 15.0 Å². The maximum absolute atomic E-state index is 5.94. The molecule has 0 aliphatic carbocycles. The van der Waals surface area contributed by atoms with Crippen LogP contribution >= 0.6 is 11.6 Å². The summed E-state index contributed by atoms with van der Waals surface area (Å²) in [6, 6.07) is 7.45. The monoisotopic (exact) mass is 323 g/mol. The first-order chi connectivity index (χ1) is 10.7. The lowest BCUT2D eigenvalue weighted by atomic mass is 10.1. The lowest BCUT2D eigenvalue weighted by molar-refractivity contribution is 0.00864. The maximum atomic E-state index is 5.94. The standard InChI is InChI=1S/C15H18ClN3O3/c1-20-6-5-14-17-15(22-18-14)10-19-8-13(9-19)21-12-4-2-3-11(16)7-12/h2-4,7,13H,5-6,8-10H2,1H3. The predicted octanol–water partition coefficient (Wildman–Crippen LogP) is 2.18. The van der Waals surface area contributed by atoms with Crippen LogP contribution in [0.15, 0.2) is 28.8 Å². The van der Waals surface area contributed by atoms with Gasteiger partial charge >= 0.3 is 0 Å². The first-order valence-electron chi connectivity index (χ1n) is 7.18. The average molecular weight is 324 g/mol. The summed E-state index contributed by atoms with van der Waals surface area (Å²) in [4.78, 5) is 6.53. The highest BCUT2D eigenvalue weighted by atomic mass is 35.5. The Morgan fingerprint density at radius 2 is 2.27 bits per heavy atom. The number of methoxy groups -OCH3 is 1. The van der Waals surface area contributed by atoms with Crippen molar-refractivity contribution in [2.24, 2.45) is 0 Å². The van der Waals surface area contributed by atoms with Crippen LogP contribution in [0, 0.1) is 0 Å². The van der Waals surface area contributed by atoms with Gasteiger partial charge in [0.2, 0.25) is 5.89 Å². The summed E-state index contributed by atoms with van der Waals surface area (Å²) in [5.41, 5.74) is 0. The second-order valence-corrected chi connectivity index (χ2v) is 5.67. The fourth-order valence-corrected chi connectivity index (χ4v) is 2.48. The van der Waals surface area contributed by atoms with Gasteiger partial charge < -0.3 is 14.0 Å². The molecule has 1 aliphatic heterocycles. The lowest BCUT2D eigenvalue weighted by Crippen LogP contribution is -2.53. The Morgan fingerprint density at radius 1 is 1.41 bits per heavy atom. The highest BCUT2D eigenvalue weighted by Gasteiger charge is 2.29. The Kier molecular flexibility index (Phi) is 4.92. The number of hydrogen-bond donors (Lipinski definition) is 0. The van der Waals surface area contributed by atoms with Crippen molar-refractivity contribution in [1.82, 2.24) is 15.0 Å². The Morgan fingerprint density at radius 3 is 3.05 bits per heavy atom. The molecule has 0 bridgehead atoms. The average Bonchev–Trinajstić information content (AvgIpc) is 2.90. The number of aromatic nitrogens is 2. The molecule has 6 nitrogen and oxygen atoms in total. The van der Waals surface area contributed by atoms with Crippen molar-refractivity contribution in [1.29, 1.82) is 0 Å². The van der Waals surface area contributed by atoms with Crippen molar-refractivity contribution in [3.8, 4) is 5.75 Å². The van der Waals surface area contributed by atoms with E-state index in [4.69, 9.17) is 25.6 Å². The number of likely N-dealkylation sites (tertiary alicyclic amines) is 1. The summed E-state index contributed by atoms with van der Waals surface area (Å²) in [6.07, 6.45) is 0.842. The lowest BCUT2D eigenvalue weighted by Gasteiger charge is -2.38. The van der Waals surface area contributed by atoms with Crippen LogP contribution in [0.5, 0.6) is 5.75 Å². The minimum absolute atomic E-state index is 0.175. The smallest absolute Gasteiger partial charge is 0.240 e. The third-order valence-corrected chi connectivity index (χ3v) is 3.66. The van der Waals surface area contributed by atoms with Crippen LogP contribution in [0.25, 0.3) is 0 Å². The molecule has 0 spiro atoms. The van der Waals surface area contributed by atoms with Gasteiger partial charge in [-0.2, -0.15) is 4.98 Å². The molecule has 0 unspecified atom stereocenters. The largest absolute Gasteiger partial charge is 0.488 e. The summed E-state index contributed by atoms with van der Waals surface area (Å²) in [5, 5.41) is 4.61. The number of hydrogen-bond acceptors (Lipinski definition) is 6. The van der Waals surface area contributed by atoms with Gasteiger partial charge in [-0.3, -0.25) is 4.90 Å². The van der Waals surface area contributed by atoms with Crippen LogP contribution < -0.4 is 4.74 Å². The van der Waals surface area contributed by atoms with E-state index in [0.29, 0.717) is 36.3 Å². The zero-order valence-corrected chi connectivity index (χ0v) is 13.1. The SMILES string of the molecule is COCCc1noc(CN2CC(Oc3cccc(Cl)c3)C2)n1. The van der Waals surface area contributed by atoms with Gasteiger partial charge in [0.25, 0.3) is 0 Å². The van der Waals surface area contributed by atoms with E-state index in [0.717, 1.165) is 18.8 Å². The van der Waals surface area contributed by atoms with Crippen LogP contribution in [0.2, 0.25) is 5.02 Å². The van der Waals surface area contributed by atoms with Crippen molar-refractivity contribution in [3.05, 3.63) is 41.0 Å². The normalized spacial score (nSPS) is 15.7. The summed E-state index contributed by atoms with van der Waals surface area (Å²) >= 11 is 5.94. The number of ether oxygens (including phenoxy) is 2. The first-order valence-corrected chi connectivity index (χ1v) is 7.55. The van der Waals surface area contributed by atoms with Crippen LogP contribution in [0.3, 0.4) is 0 Å². The summed E-state index contributed by atoms with van der Waals surface area (Å²) in [7, 11) is 1.65. The van der Waals surface area contributed by atoms with Gasteiger partial charge in [0.1, 0.15) is 11.9 Å². The molecule has 2 aromatic rings. The molecule has 0 amide bonds. The Bertz CT molecular complexity index is 614. The first kappa shape index (κ1) is 15.3. The minimum Gasteiger partial charge on any atom is -0.488 e. The van der Waals surface area contributed by atoms with Crippen molar-refractivity contribution in [3.63, 3.8) is 0 Å². The van der Waals surface area contributed by atoms with E-state index in [1.54, 1.807) is 7.11 Å². The van der Waals surface area contributed by atoms with E-state index in [9.17, 15) is 0 Å². The molecule has 0 atom stereocenters. The van der Waals surface area contributed by atoms with Crippen LogP contribution in [0.4, 0.5) is 0 Å². The summed E-state index contributed by atoms with van der Waals surface area (Å²) in [5.74, 6) is 2.12. The molecule has 1 saturated heterocycles. The Balaban J connectivity index is 1.42. The number of rotatable bonds is 7. The van der Waals surface area contributed by atoms with Gasteiger partial charge in [-0.05, 0) is 18.2 Å². The Hall–Kier alpha value is -1.63. The zero-order valence-electron chi connectivity index (χ0n) is 12.4. The van der Waals surface area contributed by atoms with Crippen molar-refractivity contribution < 1.29 is 14.0 Å². The van der Waals surface area contributed by atoms with Crippen molar-refractivity contribution >= 4 is 11.6 Å². The molecule has 1 aromatic heterocycles. The summed E-state index contributed by atoms with van der Waals surface area (Å²) in [6.45, 7) is 2.91.